The van der Waals surface area contributed by atoms with Crippen LogP contribution >= 0.6 is 0 Å². The molecular weight excluding hydrogens is 380 g/mol. The first-order chi connectivity index (χ1) is 13.9. The number of rotatable bonds is 4. The summed E-state index contributed by atoms with van der Waals surface area (Å²) in [6.07, 6.45) is 3.90. The Kier molecular flexibility index (Phi) is 6.68. The summed E-state index contributed by atoms with van der Waals surface area (Å²) < 4.78 is 21.6. The summed E-state index contributed by atoms with van der Waals surface area (Å²) in [7, 11) is 1.39. The van der Waals surface area contributed by atoms with E-state index in [1.54, 1.807) is 0 Å². The lowest BCUT2D eigenvalue weighted by Gasteiger charge is -2.24. The Morgan fingerprint density at radius 3 is 2.79 bits per heavy atom. The first-order valence-corrected chi connectivity index (χ1v) is 9.75. The van der Waals surface area contributed by atoms with Crippen LogP contribution in [-0.2, 0) is 19.1 Å². The second-order valence-corrected chi connectivity index (χ2v) is 7.27. The topological polar surface area (TPSA) is 113 Å². The fourth-order valence-electron chi connectivity index (χ4n) is 3.87. The second kappa shape index (κ2) is 9.21. The Morgan fingerprint density at radius 2 is 2.07 bits per heavy atom. The molecule has 0 radical (unpaired) electrons. The van der Waals surface area contributed by atoms with E-state index >= 15 is 0 Å². The molecule has 158 valence electrons. The van der Waals surface area contributed by atoms with Crippen molar-refractivity contribution in [2.24, 2.45) is 5.92 Å². The SMILES string of the molecule is COc1ccnc(C(=O)N[C@H]2CCC[C@@H]3CCO[C@H]3[C@H](C)OC2=O)c1OC(C)=O. The van der Waals surface area contributed by atoms with Gasteiger partial charge in [0.15, 0.2) is 11.4 Å². The Bertz CT molecular complexity index is 782. The Hall–Kier alpha value is -2.68. The highest BCUT2D eigenvalue weighted by molar-refractivity contribution is 5.98. The van der Waals surface area contributed by atoms with Crippen LogP contribution in [-0.4, -0.2) is 54.8 Å². The van der Waals surface area contributed by atoms with Crippen molar-refractivity contribution < 1.29 is 33.3 Å². The first-order valence-electron chi connectivity index (χ1n) is 9.75. The van der Waals surface area contributed by atoms with E-state index in [4.69, 9.17) is 18.9 Å². The molecule has 1 N–H and O–H groups in total. The number of cyclic esters (lactones) is 1. The van der Waals surface area contributed by atoms with E-state index in [0.29, 0.717) is 18.9 Å². The highest BCUT2D eigenvalue weighted by atomic mass is 16.6. The van der Waals surface area contributed by atoms with Gasteiger partial charge in [-0.05, 0) is 32.1 Å². The summed E-state index contributed by atoms with van der Waals surface area (Å²) in [5.41, 5.74) is -0.138. The van der Waals surface area contributed by atoms with E-state index < -0.39 is 23.9 Å². The van der Waals surface area contributed by atoms with Crippen LogP contribution in [0.1, 0.15) is 50.0 Å². The number of ether oxygens (including phenoxy) is 4. The second-order valence-electron chi connectivity index (χ2n) is 7.27. The van der Waals surface area contributed by atoms with Gasteiger partial charge in [-0.3, -0.25) is 9.59 Å². The van der Waals surface area contributed by atoms with Crippen molar-refractivity contribution in [3.63, 3.8) is 0 Å². The van der Waals surface area contributed by atoms with Crippen LogP contribution < -0.4 is 14.8 Å². The number of carbonyl (C=O) groups excluding carboxylic acids is 3. The van der Waals surface area contributed by atoms with Gasteiger partial charge in [0.1, 0.15) is 12.1 Å². The molecule has 0 aliphatic carbocycles. The number of amides is 1. The predicted molar refractivity (Wildman–Crippen MR) is 101 cm³/mol. The molecule has 2 aliphatic heterocycles. The number of aromatic nitrogens is 1. The van der Waals surface area contributed by atoms with E-state index in [-0.39, 0.29) is 29.4 Å². The van der Waals surface area contributed by atoms with Crippen LogP contribution in [0.3, 0.4) is 0 Å². The fraction of sp³-hybridized carbons (Fsp3) is 0.600. The lowest BCUT2D eigenvalue weighted by atomic mass is 9.92. The van der Waals surface area contributed by atoms with Gasteiger partial charge in [0, 0.05) is 25.8 Å². The summed E-state index contributed by atoms with van der Waals surface area (Å²) in [6.45, 7) is 3.70. The van der Waals surface area contributed by atoms with Crippen LogP contribution in [0.25, 0.3) is 0 Å². The summed E-state index contributed by atoms with van der Waals surface area (Å²) in [5.74, 6) is -1.33. The number of esters is 2. The minimum atomic E-state index is -0.832. The summed E-state index contributed by atoms with van der Waals surface area (Å²) in [5, 5.41) is 2.67. The number of fused-ring (bicyclic) bond motifs is 1. The Morgan fingerprint density at radius 1 is 1.28 bits per heavy atom. The highest BCUT2D eigenvalue weighted by Gasteiger charge is 2.38. The molecule has 2 aliphatic rings. The monoisotopic (exact) mass is 406 g/mol. The van der Waals surface area contributed by atoms with Gasteiger partial charge in [-0.15, -0.1) is 0 Å². The van der Waals surface area contributed by atoms with Crippen LogP contribution in [0.4, 0.5) is 0 Å². The number of methoxy groups -OCH3 is 1. The average molecular weight is 406 g/mol. The largest absolute Gasteiger partial charge is 0.493 e. The third-order valence-electron chi connectivity index (χ3n) is 5.24. The third-order valence-corrected chi connectivity index (χ3v) is 5.24. The van der Waals surface area contributed by atoms with Crippen LogP contribution in [0, 0.1) is 5.92 Å². The molecule has 1 amide bonds. The minimum absolute atomic E-state index is 0.0901. The van der Waals surface area contributed by atoms with Gasteiger partial charge < -0.3 is 24.3 Å². The molecule has 0 spiro atoms. The lowest BCUT2D eigenvalue weighted by Crippen LogP contribution is -2.44. The molecule has 0 saturated carbocycles. The van der Waals surface area contributed by atoms with Crippen molar-refractivity contribution in [3.8, 4) is 11.5 Å². The molecule has 0 bridgehead atoms. The molecule has 4 atom stereocenters. The van der Waals surface area contributed by atoms with Crippen molar-refractivity contribution in [1.29, 1.82) is 0 Å². The summed E-state index contributed by atoms with van der Waals surface area (Å²) >= 11 is 0. The number of hydrogen-bond donors (Lipinski definition) is 1. The van der Waals surface area contributed by atoms with Crippen molar-refractivity contribution >= 4 is 17.8 Å². The van der Waals surface area contributed by atoms with Gasteiger partial charge in [0.25, 0.3) is 5.91 Å². The molecule has 29 heavy (non-hydrogen) atoms. The summed E-state index contributed by atoms with van der Waals surface area (Å²) in [4.78, 5) is 40.9. The molecule has 9 nitrogen and oxygen atoms in total. The Labute approximate surface area is 169 Å². The molecule has 0 aromatic carbocycles. The number of nitrogens with zero attached hydrogens (tertiary/aromatic N) is 1. The molecule has 3 rings (SSSR count). The van der Waals surface area contributed by atoms with E-state index in [0.717, 1.165) is 19.3 Å². The van der Waals surface area contributed by atoms with Gasteiger partial charge >= 0.3 is 11.9 Å². The van der Waals surface area contributed by atoms with Gasteiger partial charge in [0.05, 0.1) is 13.2 Å². The highest BCUT2D eigenvalue weighted by Crippen LogP contribution is 2.32. The van der Waals surface area contributed by atoms with Crippen molar-refractivity contribution in [2.75, 3.05) is 13.7 Å². The van der Waals surface area contributed by atoms with E-state index in [1.165, 1.54) is 26.3 Å². The molecule has 9 heteroatoms. The predicted octanol–water partition coefficient (Wildman–Crippen LogP) is 1.63. The van der Waals surface area contributed by atoms with Crippen molar-refractivity contribution in [3.05, 3.63) is 18.0 Å². The standard InChI is InChI=1S/C20H26N2O7/c1-11-17-13(8-10-27-17)5-4-6-14(20(25)28-11)22-19(24)16-18(29-12(2)23)15(26-3)7-9-21-16/h7,9,11,13-14,17H,4-6,8,10H2,1-3H3,(H,22,24)/t11-,13+,14-,17-/m0/s1. The molecular formula is C20H26N2O7. The molecule has 2 saturated heterocycles. The van der Waals surface area contributed by atoms with Gasteiger partial charge in [-0.25, -0.2) is 9.78 Å². The minimum Gasteiger partial charge on any atom is -0.493 e. The zero-order valence-corrected chi connectivity index (χ0v) is 16.8. The van der Waals surface area contributed by atoms with Crippen molar-refractivity contribution in [1.82, 2.24) is 10.3 Å². The zero-order valence-electron chi connectivity index (χ0n) is 16.8. The number of hydrogen-bond acceptors (Lipinski definition) is 8. The van der Waals surface area contributed by atoms with Gasteiger partial charge in [-0.1, -0.05) is 6.42 Å². The van der Waals surface area contributed by atoms with Crippen molar-refractivity contribution in [2.45, 2.75) is 57.8 Å². The molecule has 2 fully saturated rings. The molecule has 0 unspecified atom stereocenters. The molecule has 1 aromatic rings. The van der Waals surface area contributed by atoms with Crippen LogP contribution in [0.2, 0.25) is 0 Å². The van der Waals surface area contributed by atoms with Gasteiger partial charge in [0.2, 0.25) is 5.75 Å². The quantitative estimate of drug-likeness (QED) is 0.751. The lowest BCUT2D eigenvalue weighted by molar-refractivity contribution is -0.157. The molecule has 1 aromatic heterocycles. The van der Waals surface area contributed by atoms with Gasteiger partial charge in [-0.2, -0.15) is 0 Å². The summed E-state index contributed by atoms with van der Waals surface area (Å²) in [6, 6.07) is 0.644. The Balaban J connectivity index is 1.77. The van der Waals surface area contributed by atoms with E-state index in [2.05, 4.69) is 10.3 Å². The normalized spacial score (nSPS) is 26.9. The number of pyridine rings is 1. The maximum Gasteiger partial charge on any atom is 0.329 e. The van der Waals surface area contributed by atoms with E-state index in [1.807, 2.05) is 6.92 Å². The maximum absolute atomic E-state index is 12.8. The van der Waals surface area contributed by atoms with Crippen LogP contribution in [0.5, 0.6) is 11.5 Å². The number of nitrogens with one attached hydrogen (secondary N) is 1. The van der Waals surface area contributed by atoms with Crippen LogP contribution in [0.15, 0.2) is 12.3 Å². The average Bonchev–Trinajstić information content (AvgIpc) is 3.15. The fourth-order valence-corrected chi connectivity index (χ4v) is 3.87. The first kappa shape index (κ1) is 21.0. The zero-order chi connectivity index (χ0) is 21.0. The maximum atomic E-state index is 12.8. The smallest absolute Gasteiger partial charge is 0.329 e. The third kappa shape index (κ3) is 4.84. The van der Waals surface area contributed by atoms with E-state index in [9.17, 15) is 14.4 Å². The number of carbonyl (C=O) groups is 3. The molecule has 3 heterocycles.